The summed E-state index contributed by atoms with van der Waals surface area (Å²) >= 11 is 6.01. The largest absolute Gasteiger partial charge is 0.507 e. The van der Waals surface area contributed by atoms with Crippen LogP contribution in [0.25, 0.3) is 5.76 Å². The molecule has 2 aromatic carbocycles. The van der Waals surface area contributed by atoms with Crippen molar-refractivity contribution in [2.75, 3.05) is 39.4 Å². The number of carbonyl (C=O) groups is 2. The highest BCUT2D eigenvalue weighted by Crippen LogP contribution is 2.42. The molecule has 0 aromatic heterocycles. The van der Waals surface area contributed by atoms with Gasteiger partial charge in [-0.05, 0) is 62.2 Å². The number of benzene rings is 2. The SMILES string of the molecule is CCOc1ccc(C2C(=C(O)c3ccc(Cl)cc3)C(=O)C(=O)N2CCCN2C=NCC2)cc1OCC. The van der Waals surface area contributed by atoms with Crippen molar-refractivity contribution in [1.82, 2.24) is 9.80 Å². The number of nitrogens with zero attached hydrogens (tertiary/aromatic N) is 3. The van der Waals surface area contributed by atoms with Gasteiger partial charge in [0, 0.05) is 30.2 Å². The van der Waals surface area contributed by atoms with E-state index in [1.165, 1.54) is 4.90 Å². The maximum Gasteiger partial charge on any atom is 0.295 e. The predicted octanol–water partition coefficient (Wildman–Crippen LogP) is 4.29. The summed E-state index contributed by atoms with van der Waals surface area (Å²) in [6.45, 7) is 7.30. The van der Waals surface area contributed by atoms with Gasteiger partial charge in [-0.2, -0.15) is 0 Å². The van der Waals surface area contributed by atoms with Crippen LogP contribution in [-0.4, -0.2) is 72.3 Å². The van der Waals surface area contributed by atoms with Gasteiger partial charge in [-0.25, -0.2) is 0 Å². The zero-order valence-corrected chi connectivity index (χ0v) is 21.2. The first kappa shape index (κ1) is 25.6. The monoisotopic (exact) mass is 511 g/mol. The van der Waals surface area contributed by atoms with Crippen LogP contribution in [0.2, 0.25) is 5.02 Å². The average molecular weight is 512 g/mol. The molecule has 0 radical (unpaired) electrons. The summed E-state index contributed by atoms with van der Waals surface area (Å²) < 4.78 is 11.5. The number of hydrogen-bond donors (Lipinski definition) is 1. The van der Waals surface area contributed by atoms with Crippen LogP contribution in [0.4, 0.5) is 0 Å². The lowest BCUT2D eigenvalue weighted by Crippen LogP contribution is -2.33. The Labute approximate surface area is 215 Å². The van der Waals surface area contributed by atoms with E-state index in [9.17, 15) is 14.7 Å². The van der Waals surface area contributed by atoms with E-state index in [4.69, 9.17) is 21.1 Å². The Morgan fingerprint density at radius 2 is 1.78 bits per heavy atom. The van der Waals surface area contributed by atoms with E-state index in [1.807, 2.05) is 20.2 Å². The molecule has 0 bridgehead atoms. The van der Waals surface area contributed by atoms with Crippen molar-refractivity contribution in [3.8, 4) is 11.5 Å². The maximum atomic E-state index is 13.3. The van der Waals surface area contributed by atoms with Crippen molar-refractivity contribution in [1.29, 1.82) is 0 Å². The second-order valence-corrected chi connectivity index (χ2v) is 8.92. The molecule has 1 unspecified atom stereocenters. The van der Waals surface area contributed by atoms with Gasteiger partial charge in [-0.15, -0.1) is 0 Å². The molecule has 1 fully saturated rings. The number of likely N-dealkylation sites (tertiary alicyclic amines) is 1. The van der Waals surface area contributed by atoms with Crippen LogP contribution in [0, 0.1) is 0 Å². The molecule has 0 spiro atoms. The highest BCUT2D eigenvalue weighted by atomic mass is 35.5. The molecule has 1 amide bonds. The fourth-order valence-electron chi connectivity index (χ4n) is 4.49. The lowest BCUT2D eigenvalue weighted by atomic mass is 9.95. The van der Waals surface area contributed by atoms with E-state index >= 15 is 0 Å². The molecule has 9 heteroatoms. The number of aliphatic hydroxyl groups excluding tert-OH is 1. The zero-order chi connectivity index (χ0) is 25.7. The van der Waals surface area contributed by atoms with Crippen LogP contribution in [-0.2, 0) is 9.59 Å². The summed E-state index contributed by atoms with van der Waals surface area (Å²) in [6, 6.07) is 11.1. The molecule has 1 saturated heterocycles. The topological polar surface area (TPSA) is 91.7 Å². The maximum absolute atomic E-state index is 13.3. The average Bonchev–Trinajstić information content (AvgIpc) is 3.48. The lowest BCUT2D eigenvalue weighted by molar-refractivity contribution is -0.139. The van der Waals surface area contributed by atoms with E-state index in [0.717, 1.165) is 13.1 Å². The number of aliphatic hydroxyl groups is 1. The molecule has 2 aliphatic heterocycles. The van der Waals surface area contributed by atoms with E-state index in [1.54, 1.807) is 42.5 Å². The first-order chi connectivity index (χ1) is 17.4. The van der Waals surface area contributed by atoms with Gasteiger partial charge in [-0.1, -0.05) is 17.7 Å². The van der Waals surface area contributed by atoms with Gasteiger partial charge >= 0.3 is 0 Å². The van der Waals surface area contributed by atoms with Gasteiger partial charge < -0.3 is 24.4 Å². The summed E-state index contributed by atoms with van der Waals surface area (Å²) in [6.07, 6.45) is 2.46. The number of ketones is 1. The van der Waals surface area contributed by atoms with Gasteiger partial charge in [-0.3, -0.25) is 14.6 Å². The zero-order valence-electron chi connectivity index (χ0n) is 20.4. The Kier molecular flexibility index (Phi) is 8.15. The number of ether oxygens (including phenoxy) is 2. The molecule has 2 aromatic rings. The van der Waals surface area contributed by atoms with Crippen LogP contribution in [0.1, 0.15) is 37.4 Å². The Bertz CT molecular complexity index is 1180. The van der Waals surface area contributed by atoms with E-state index in [2.05, 4.69) is 9.89 Å². The summed E-state index contributed by atoms with van der Waals surface area (Å²) in [7, 11) is 0. The number of amides is 1. The van der Waals surface area contributed by atoms with E-state index in [0.29, 0.717) is 60.4 Å². The number of Topliss-reactive ketones (excluding diaryl/α,β-unsaturated/α-hetero) is 1. The van der Waals surface area contributed by atoms with Crippen molar-refractivity contribution in [3.63, 3.8) is 0 Å². The minimum atomic E-state index is -0.775. The van der Waals surface area contributed by atoms with Crippen LogP contribution in [0.15, 0.2) is 53.0 Å². The molecule has 2 heterocycles. The lowest BCUT2D eigenvalue weighted by Gasteiger charge is -2.27. The molecule has 1 atom stereocenters. The van der Waals surface area contributed by atoms with Crippen molar-refractivity contribution in [2.24, 2.45) is 4.99 Å². The minimum Gasteiger partial charge on any atom is -0.507 e. The fraction of sp³-hybridized carbons (Fsp3) is 0.370. The second-order valence-electron chi connectivity index (χ2n) is 8.48. The molecule has 1 N–H and O–H groups in total. The summed E-state index contributed by atoms with van der Waals surface area (Å²) in [5.41, 5.74) is 1.10. The second kappa shape index (κ2) is 11.5. The van der Waals surface area contributed by atoms with E-state index in [-0.39, 0.29) is 11.3 Å². The number of aliphatic imine (C=N–C) groups is 1. The molecule has 2 aliphatic rings. The van der Waals surface area contributed by atoms with Gasteiger partial charge in [0.05, 0.1) is 37.7 Å². The number of halogens is 1. The van der Waals surface area contributed by atoms with E-state index < -0.39 is 17.7 Å². The minimum absolute atomic E-state index is 0.0386. The summed E-state index contributed by atoms with van der Waals surface area (Å²) in [5.74, 6) is -0.510. The number of hydrogen-bond acceptors (Lipinski definition) is 7. The Morgan fingerprint density at radius 1 is 1.06 bits per heavy atom. The van der Waals surface area contributed by atoms with Gasteiger partial charge in [0.2, 0.25) is 0 Å². The molecule has 8 nitrogen and oxygen atoms in total. The van der Waals surface area contributed by atoms with Crippen LogP contribution >= 0.6 is 11.6 Å². The van der Waals surface area contributed by atoms with Gasteiger partial charge in [0.15, 0.2) is 11.5 Å². The van der Waals surface area contributed by atoms with Gasteiger partial charge in [0.1, 0.15) is 5.76 Å². The normalized spacial score (nSPS) is 18.8. The van der Waals surface area contributed by atoms with Crippen LogP contribution < -0.4 is 9.47 Å². The smallest absolute Gasteiger partial charge is 0.295 e. The number of rotatable bonds is 10. The molecule has 4 rings (SSSR count). The van der Waals surface area contributed by atoms with Crippen molar-refractivity contribution in [2.45, 2.75) is 26.3 Å². The number of carbonyl (C=O) groups excluding carboxylic acids is 2. The van der Waals surface area contributed by atoms with Crippen LogP contribution in [0.5, 0.6) is 11.5 Å². The predicted molar refractivity (Wildman–Crippen MR) is 139 cm³/mol. The molecule has 190 valence electrons. The van der Waals surface area contributed by atoms with Crippen molar-refractivity contribution >= 4 is 35.4 Å². The highest BCUT2D eigenvalue weighted by molar-refractivity contribution is 6.46. The first-order valence-electron chi connectivity index (χ1n) is 12.1. The quantitative estimate of drug-likeness (QED) is 0.290. The van der Waals surface area contributed by atoms with Crippen molar-refractivity contribution < 1.29 is 24.2 Å². The molecule has 0 saturated carbocycles. The molecule has 0 aliphatic carbocycles. The first-order valence-corrected chi connectivity index (χ1v) is 12.5. The standard InChI is InChI=1S/C27H30ClN3O5/c1-3-35-21-11-8-19(16-22(21)36-4-2)24-23(25(32)18-6-9-20(28)10-7-18)26(33)27(34)31(24)14-5-13-30-15-12-29-17-30/h6-11,16-17,24,32H,3-5,12-15H2,1-2H3. The molecular formula is C27H30ClN3O5. The summed E-state index contributed by atoms with van der Waals surface area (Å²) in [5, 5.41) is 11.7. The Morgan fingerprint density at radius 3 is 2.44 bits per heavy atom. The summed E-state index contributed by atoms with van der Waals surface area (Å²) in [4.78, 5) is 34.3. The third-order valence-electron chi connectivity index (χ3n) is 6.15. The Hall–Kier alpha value is -3.52. The third-order valence-corrected chi connectivity index (χ3v) is 6.40. The molecule has 36 heavy (non-hydrogen) atoms. The van der Waals surface area contributed by atoms with Crippen molar-refractivity contribution in [3.05, 3.63) is 64.2 Å². The fourth-order valence-corrected chi connectivity index (χ4v) is 4.62. The Balaban J connectivity index is 1.75. The highest BCUT2D eigenvalue weighted by Gasteiger charge is 2.46. The molecular weight excluding hydrogens is 482 g/mol. The van der Waals surface area contributed by atoms with Gasteiger partial charge in [0.25, 0.3) is 11.7 Å². The van der Waals surface area contributed by atoms with Crippen LogP contribution in [0.3, 0.4) is 0 Å². The third kappa shape index (κ3) is 5.33.